The Hall–Kier alpha value is -1.00. The molecule has 102 valence electrons. The van der Waals surface area contributed by atoms with Gasteiger partial charge >= 0.3 is 0 Å². The quantitative estimate of drug-likeness (QED) is 0.768. The first-order valence-corrected chi connectivity index (χ1v) is 6.22. The van der Waals surface area contributed by atoms with E-state index in [9.17, 15) is 13.9 Å². The molecule has 1 aromatic rings. The third-order valence-corrected chi connectivity index (χ3v) is 2.87. The Bertz CT molecular complexity index is 391. The van der Waals surface area contributed by atoms with Gasteiger partial charge in [-0.15, -0.1) is 0 Å². The smallest absolute Gasteiger partial charge is 0.164 e. The molecule has 0 radical (unpaired) electrons. The number of hydrogen-bond donors (Lipinski definition) is 2. The van der Waals surface area contributed by atoms with Gasteiger partial charge in [0.15, 0.2) is 11.6 Å². The van der Waals surface area contributed by atoms with Gasteiger partial charge in [0, 0.05) is 5.56 Å². The summed E-state index contributed by atoms with van der Waals surface area (Å²) in [6.07, 6.45) is 0.333. The molecule has 0 aliphatic rings. The van der Waals surface area contributed by atoms with Crippen molar-refractivity contribution in [3.63, 3.8) is 0 Å². The van der Waals surface area contributed by atoms with Gasteiger partial charge in [-0.3, -0.25) is 0 Å². The van der Waals surface area contributed by atoms with Crippen LogP contribution in [0.1, 0.15) is 32.8 Å². The molecule has 0 aliphatic carbocycles. The SMILES string of the molecule is CC(C)CNCCC(C)(O)c1cccc(F)c1F. The summed E-state index contributed by atoms with van der Waals surface area (Å²) in [7, 11) is 0. The summed E-state index contributed by atoms with van der Waals surface area (Å²) in [6.45, 7) is 7.06. The molecule has 4 heteroatoms. The standard InChI is InChI=1S/C14H21F2NO/c1-10(2)9-17-8-7-14(3,18)11-5-4-6-12(15)13(11)16/h4-6,10,17-18H,7-9H2,1-3H3. The summed E-state index contributed by atoms with van der Waals surface area (Å²) in [5.41, 5.74) is -1.36. The second-order valence-corrected chi connectivity index (χ2v) is 5.22. The maximum Gasteiger partial charge on any atom is 0.164 e. The highest BCUT2D eigenvalue weighted by molar-refractivity contribution is 5.24. The fourth-order valence-corrected chi connectivity index (χ4v) is 1.78. The molecule has 2 nitrogen and oxygen atoms in total. The van der Waals surface area contributed by atoms with Gasteiger partial charge in [0.2, 0.25) is 0 Å². The number of benzene rings is 1. The van der Waals surface area contributed by atoms with Crippen LogP contribution in [0.25, 0.3) is 0 Å². The van der Waals surface area contributed by atoms with Crippen LogP contribution in [0.4, 0.5) is 8.78 Å². The molecule has 1 unspecified atom stereocenters. The van der Waals surface area contributed by atoms with Crippen LogP contribution in [0.2, 0.25) is 0 Å². The molecule has 1 atom stereocenters. The molecule has 1 rings (SSSR count). The van der Waals surface area contributed by atoms with Crippen LogP contribution >= 0.6 is 0 Å². The number of halogens is 2. The van der Waals surface area contributed by atoms with Crippen molar-refractivity contribution in [3.8, 4) is 0 Å². The molecular formula is C14H21F2NO. The average molecular weight is 257 g/mol. The van der Waals surface area contributed by atoms with Gasteiger partial charge in [-0.25, -0.2) is 8.78 Å². The molecule has 0 aliphatic heterocycles. The average Bonchev–Trinajstić information content (AvgIpc) is 2.28. The monoisotopic (exact) mass is 257 g/mol. The maximum atomic E-state index is 13.6. The predicted octanol–water partition coefficient (Wildman–Crippen LogP) is 2.81. The van der Waals surface area contributed by atoms with Crippen molar-refractivity contribution in [2.75, 3.05) is 13.1 Å². The van der Waals surface area contributed by atoms with Crippen LogP contribution < -0.4 is 5.32 Å². The molecule has 0 aromatic heterocycles. The Morgan fingerprint density at radius 3 is 2.61 bits per heavy atom. The third-order valence-electron chi connectivity index (χ3n) is 2.87. The topological polar surface area (TPSA) is 32.3 Å². The Morgan fingerprint density at radius 2 is 2.00 bits per heavy atom. The molecular weight excluding hydrogens is 236 g/mol. The van der Waals surface area contributed by atoms with E-state index in [1.165, 1.54) is 19.1 Å². The summed E-state index contributed by atoms with van der Waals surface area (Å²) in [4.78, 5) is 0. The van der Waals surface area contributed by atoms with Gasteiger partial charge in [-0.05, 0) is 38.4 Å². The second kappa shape index (κ2) is 6.25. The van der Waals surface area contributed by atoms with Crippen molar-refractivity contribution in [3.05, 3.63) is 35.4 Å². The van der Waals surface area contributed by atoms with E-state index in [0.29, 0.717) is 18.9 Å². The van der Waals surface area contributed by atoms with Gasteiger partial charge in [0.1, 0.15) is 0 Å². The number of rotatable bonds is 6. The summed E-state index contributed by atoms with van der Waals surface area (Å²) in [6, 6.07) is 3.87. The maximum absolute atomic E-state index is 13.6. The molecule has 0 spiro atoms. The van der Waals surface area contributed by atoms with Crippen molar-refractivity contribution < 1.29 is 13.9 Å². The van der Waals surface area contributed by atoms with E-state index in [4.69, 9.17) is 0 Å². The molecule has 0 fully saturated rings. The molecule has 1 aromatic carbocycles. The number of aliphatic hydroxyl groups is 1. The zero-order valence-corrected chi connectivity index (χ0v) is 11.1. The van der Waals surface area contributed by atoms with Crippen molar-refractivity contribution in [2.24, 2.45) is 5.92 Å². The lowest BCUT2D eigenvalue weighted by molar-refractivity contribution is 0.0435. The first-order chi connectivity index (χ1) is 8.34. The molecule has 0 bridgehead atoms. The zero-order chi connectivity index (χ0) is 13.8. The van der Waals surface area contributed by atoms with Crippen LogP contribution in [-0.2, 0) is 5.60 Å². The molecule has 0 amide bonds. The van der Waals surface area contributed by atoms with Gasteiger partial charge < -0.3 is 10.4 Å². The van der Waals surface area contributed by atoms with E-state index in [1.807, 2.05) is 0 Å². The number of hydrogen-bond acceptors (Lipinski definition) is 2. The minimum Gasteiger partial charge on any atom is -0.385 e. The lowest BCUT2D eigenvalue weighted by atomic mass is 9.92. The van der Waals surface area contributed by atoms with Crippen molar-refractivity contribution >= 4 is 0 Å². The van der Waals surface area contributed by atoms with Crippen molar-refractivity contribution in [1.82, 2.24) is 5.32 Å². The Morgan fingerprint density at radius 1 is 1.33 bits per heavy atom. The van der Waals surface area contributed by atoms with E-state index in [-0.39, 0.29) is 5.56 Å². The van der Waals surface area contributed by atoms with E-state index < -0.39 is 17.2 Å². The summed E-state index contributed by atoms with van der Waals surface area (Å²) < 4.78 is 26.7. The minimum absolute atomic E-state index is 0.00819. The first-order valence-electron chi connectivity index (χ1n) is 6.22. The summed E-state index contributed by atoms with van der Waals surface area (Å²) in [5.74, 6) is -1.38. The van der Waals surface area contributed by atoms with Gasteiger partial charge in [0.05, 0.1) is 5.60 Å². The first kappa shape index (κ1) is 15.1. The predicted molar refractivity (Wildman–Crippen MR) is 68.3 cm³/mol. The normalized spacial score (nSPS) is 14.8. The summed E-state index contributed by atoms with van der Waals surface area (Å²) in [5, 5.41) is 13.4. The fourth-order valence-electron chi connectivity index (χ4n) is 1.78. The molecule has 2 N–H and O–H groups in total. The second-order valence-electron chi connectivity index (χ2n) is 5.22. The highest BCUT2D eigenvalue weighted by atomic mass is 19.2. The van der Waals surface area contributed by atoms with Gasteiger partial charge in [-0.1, -0.05) is 26.0 Å². The number of nitrogens with one attached hydrogen (secondary N) is 1. The highest BCUT2D eigenvalue weighted by Gasteiger charge is 2.27. The Balaban J connectivity index is 2.65. The Kier molecular flexibility index (Phi) is 5.23. The third kappa shape index (κ3) is 4.03. The van der Waals surface area contributed by atoms with Crippen LogP contribution in [-0.4, -0.2) is 18.2 Å². The van der Waals surface area contributed by atoms with E-state index in [2.05, 4.69) is 19.2 Å². The lowest BCUT2D eigenvalue weighted by Gasteiger charge is -2.24. The van der Waals surface area contributed by atoms with E-state index in [1.54, 1.807) is 0 Å². The fraction of sp³-hybridized carbons (Fsp3) is 0.571. The highest BCUT2D eigenvalue weighted by Crippen LogP contribution is 2.27. The molecule has 0 saturated heterocycles. The Labute approximate surface area is 107 Å². The van der Waals surface area contributed by atoms with Crippen molar-refractivity contribution in [1.29, 1.82) is 0 Å². The molecule has 0 saturated carbocycles. The zero-order valence-electron chi connectivity index (χ0n) is 11.1. The lowest BCUT2D eigenvalue weighted by Crippen LogP contribution is -2.30. The van der Waals surface area contributed by atoms with Gasteiger partial charge in [0.25, 0.3) is 0 Å². The van der Waals surface area contributed by atoms with Crippen molar-refractivity contribution in [2.45, 2.75) is 32.8 Å². The van der Waals surface area contributed by atoms with Crippen LogP contribution in [0.5, 0.6) is 0 Å². The van der Waals surface area contributed by atoms with Crippen LogP contribution in [0.15, 0.2) is 18.2 Å². The van der Waals surface area contributed by atoms with Crippen LogP contribution in [0.3, 0.4) is 0 Å². The van der Waals surface area contributed by atoms with Gasteiger partial charge in [-0.2, -0.15) is 0 Å². The molecule has 18 heavy (non-hydrogen) atoms. The van der Waals surface area contributed by atoms with E-state index >= 15 is 0 Å². The molecule has 0 heterocycles. The van der Waals surface area contributed by atoms with Crippen LogP contribution in [0, 0.1) is 17.6 Å². The van der Waals surface area contributed by atoms with E-state index in [0.717, 1.165) is 12.6 Å². The largest absolute Gasteiger partial charge is 0.385 e. The minimum atomic E-state index is -1.36. The summed E-state index contributed by atoms with van der Waals surface area (Å²) >= 11 is 0.